The number of rotatable bonds is 3. The van der Waals surface area contributed by atoms with Crippen LogP contribution in [0.3, 0.4) is 0 Å². The predicted octanol–water partition coefficient (Wildman–Crippen LogP) is 6.28. The Hall–Kier alpha value is -4.17. The number of carbonyl (C=O) groups excluding carboxylic acids is 1. The quantitative estimate of drug-likeness (QED) is 0.340. The fraction of sp³-hybridized carbons (Fsp3) is 0.281. The van der Waals surface area contributed by atoms with Gasteiger partial charge < -0.3 is 4.90 Å². The second-order valence-corrected chi connectivity index (χ2v) is 11.4. The molecular formula is C32H31N3O2. The van der Waals surface area contributed by atoms with Gasteiger partial charge in [-0.2, -0.15) is 5.26 Å². The van der Waals surface area contributed by atoms with Crippen LogP contribution in [-0.4, -0.2) is 23.4 Å². The van der Waals surface area contributed by atoms with Crippen LogP contribution in [0.1, 0.15) is 38.8 Å². The Morgan fingerprint density at radius 2 is 1.41 bits per heavy atom. The van der Waals surface area contributed by atoms with Crippen LogP contribution in [-0.2, 0) is 4.79 Å². The smallest absolute Gasteiger partial charge is 0.262 e. The summed E-state index contributed by atoms with van der Waals surface area (Å²) in [6.45, 7) is 11.4. The van der Waals surface area contributed by atoms with Crippen LogP contribution in [0, 0.1) is 29.1 Å². The predicted molar refractivity (Wildman–Crippen MR) is 149 cm³/mol. The van der Waals surface area contributed by atoms with Crippen molar-refractivity contribution in [2.75, 3.05) is 18.0 Å². The van der Waals surface area contributed by atoms with E-state index in [9.17, 15) is 9.59 Å². The third-order valence-corrected chi connectivity index (χ3v) is 7.45. The summed E-state index contributed by atoms with van der Waals surface area (Å²) in [5, 5.41) is 10.7. The van der Waals surface area contributed by atoms with Gasteiger partial charge in [-0.1, -0.05) is 52.0 Å². The standard InChI is InChI=1S/C32H31N3O2/c1-21-18-35(25-15-13-24(14-16-25)34-19-31(2,3)30(37)32(4,5)20-34)29(36)27-8-6-7-26(28(21)27)23-11-9-22(17-33)10-12-23/h6-16,18H,19-20H2,1-5H3. The fourth-order valence-corrected chi connectivity index (χ4v) is 5.84. The number of aromatic nitrogens is 1. The first-order valence-electron chi connectivity index (χ1n) is 12.6. The number of benzene rings is 3. The lowest BCUT2D eigenvalue weighted by Crippen LogP contribution is -2.55. The molecule has 1 fully saturated rings. The molecule has 1 aliphatic rings. The number of aryl methyl sites for hydroxylation is 1. The van der Waals surface area contributed by atoms with Crippen LogP contribution in [0.15, 0.2) is 77.7 Å². The van der Waals surface area contributed by atoms with E-state index in [2.05, 4.69) is 11.0 Å². The topological polar surface area (TPSA) is 66.1 Å². The lowest BCUT2D eigenvalue weighted by molar-refractivity contribution is -0.137. The maximum atomic E-state index is 13.6. The number of anilines is 1. The molecule has 3 aromatic carbocycles. The van der Waals surface area contributed by atoms with Gasteiger partial charge >= 0.3 is 0 Å². The molecule has 0 atom stereocenters. The molecule has 0 amide bonds. The van der Waals surface area contributed by atoms with Gasteiger partial charge in [-0.25, -0.2) is 0 Å². The van der Waals surface area contributed by atoms with Crippen molar-refractivity contribution in [1.82, 2.24) is 4.57 Å². The van der Waals surface area contributed by atoms with E-state index in [0.29, 0.717) is 29.8 Å². The molecule has 1 aliphatic heterocycles. The highest BCUT2D eigenvalue weighted by molar-refractivity contribution is 5.98. The van der Waals surface area contributed by atoms with Crippen molar-refractivity contribution in [1.29, 1.82) is 5.26 Å². The first-order valence-corrected chi connectivity index (χ1v) is 12.6. The van der Waals surface area contributed by atoms with Crippen molar-refractivity contribution in [3.05, 3.63) is 94.4 Å². The van der Waals surface area contributed by atoms with Gasteiger partial charge in [0.1, 0.15) is 5.78 Å². The molecule has 1 aromatic heterocycles. The minimum Gasteiger partial charge on any atom is -0.370 e. The summed E-state index contributed by atoms with van der Waals surface area (Å²) in [6, 6.07) is 23.4. The van der Waals surface area contributed by atoms with Gasteiger partial charge in [-0.05, 0) is 71.5 Å². The maximum absolute atomic E-state index is 13.6. The van der Waals surface area contributed by atoms with Crippen LogP contribution in [0.2, 0.25) is 0 Å². The van der Waals surface area contributed by atoms with Gasteiger partial charge in [0.15, 0.2) is 0 Å². The normalized spacial score (nSPS) is 16.5. The zero-order valence-corrected chi connectivity index (χ0v) is 22.0. The molecule has 4 aromatic rings. The number of nitriles is 1. The summed E-state index contributed by atoms with van der Waals surface area (Å²) in [4.78, 5) is 28.7. The van der Waals surface area contributed by atoms with Gasteiger partial charge in [-0.3, -0.25) is 14.2 Å². The molecule has 0 radical (unpaired) electrons. The number of Topliss-reactive ketones (excluding diaryl/α,β-unsaturated/α-hetero) is 1. The minimum atomic E-state index is -0.417. The Kier molecular flexibility index (Phi) is 5.79. The number of pyridine rings is 1. The van der Waals surface area contributed by atoms with Crippen LogP contribution in [0.4, 0.5) is 5.69 Å². The Labute approximate surface area is 217 Å². The van der Waals surface area contributed by atoms with E-state index in [-0.39, 0.29) is 5.56 Å². The number of fused-ring (bicyclic) bond motifs is 1. The Morgan fingerprint density at radius 1 is 0.811 bits per heavy atom. The summed E-state index contributed by atoms with van der Waals surface area (Å²) in [5.74, 6) is 0.298. The summed E-state index contributed by atoms with van der Waals surface area (Å²) < 4.78 is 1.71. The van der Waals surface area contributed by atoms with Gasteiger partial charge in [-0.15, -0.1) is 0 Å². The van der Waals surface area contributed by atoms with E-state index >= 15 is 0 Å². The lowest BCUT2D eigenvalue weighted by Gasteiger charge is -2.46. The molecule has 5 rings (SSSR count). The molecular weight excluding hydrogens is 458 g/mol. The number of hydrogen-bond donors (Lipinski definition) is 0. The average molecular weight is 490 g/mol. The Balaban J connectivity index is 1.53. The highest BCUT2D eigenvalue weighted by Crippen LogP contribution is 2.38. The highest BCUT2D eigenvalue weighted by Gasteiger charge is 2.45. The van der Waals surface area contributed by atoms with Gasteiger partial charge in [0.2, 0.25) is 0 Å². The fourth-order valence-electron chi connectivity index (χ4n) is 5.84. The van der Waals surface area contributed by atoms with E-state index < -0.39 is 10.8 Å². The van der Waals surface area contributed by atoms with Gasteiger partial charge in [0.25, 0.3) is 5.56 Å². The number of carbonyl (C=O) groups is 1. The Morgan fingerprint density at radius 3 is 2.00 bits per heavy atom. The molecule has 0 spiro atoms. The number of piperidine rings is 1. The second kappa shape index (κ2) is 8.74. The largest absolute Gasteiger partial charge is 0.370 e. The molecule has 0 aliphatic carbocycles. The molecule has 1 saturated heterocycles. The van der Waals surface area contributed by atoms with Crippen molar-refractivity contribution < 1.29 is 4.79 Å². The number of hydrogen-bond acceptors (Lipinski definition) is 4. The summed E-state index contributed by atoms with van der Waals surface area (Å²) in [5.41, 5.74) is 4.49. The second-order valence-electron chi connectivity index (χ2n) is 11.4. The molecule has 2 heterocycles. The van der Waals surface area contributed by atoms with Gasteiger partial charge in [0.05, 0.1) is 11.6 Å². The highest BCUT2D eigenvalue weighted by atomic mass is 16.1. The molecule has 5 nitrogen and oxygen atoms in total. The monoisotopic (exact) mass is 489 g/mol. The van der Waals surface area contributed by atoms with E-state index in [1.807, 2.05) is 95.4 Å². The van der Waals surface area contributed by atoms with Crippen molar-refractivity contribution in [3.8, 4) is 22.9 Å². The summed E-state index contributed by atoms with van der Waals surface area (Å²) >= 11 is 0. The summed E-state index contributed by atoms with van der Waals surface area (Å²) in [7, 11) is 0. The molecule has 186 valence electrons. The van der Waals surface area contributed by atoms with Crippen molar-refractivity contribution in [2.45, 2.75) is 34.6 Å². The Bertz CT molecular complexity index is 1600. The molecule has 5 heteroatoms. The zero-order chi connectivity index (χ0) is 26.5. The van der Waals surface area contributed by atoms with Crippen LogP contribution < -0.4 is 10.5 Å². The van der Waals surface area contributed by atoms with E-state index in [4.69, 9.17) is 5.26 Å². The minimum absolute atomic E-state index is 0.0744. The maximum Gasteiger partial charge on any atom is 0.262 e. The van der Waals surface area contributed by atoms with E-state index in [1.165, 1.54) is 0 Å². The average Bonchev–Trinajstić information content (AvgIpc) is 2.89. The summed E-state index contributed by atoms with van der Waals surface area (Å²) in [6.07, 6.45) is 1.90. The van der Waals surface area contributed by atoms with Crippen molar-refractivity contribution in [3.63, 3.8) is 0 Å². The van der Waals surface area contributed by atoms with Gasteiger partial charge in [0, 0.05) is 46.9 Å². The SMILES string of the molecule is Cc1cn(-c2ccc(N3CC(C)(C)C(=O)C(C)(C)C3)cc2)c(=O)c2cccc(-c3ccc(C#N)cc3)c12. The van der Waals surface area contributed by atoms with Crippen molar-refractivity contribution in [2.24, 2.45) is 10.8 Å². The number of nitrogens with zero attached hydrogens (tertiary/aromatic N) is 3. The van der Waals surface area contributed by atoms with Crippen LogP contribution >= 0.6 is 0 Å². The van der Waals surface area contributed by atoms with E-state index in [1.54, 1.807) is 16.7 Å². The molecule has 0 saturated carbocycles. The molecule has 37 heavy (non-hydrogen) atoms. The molecule has 0 bridgehead atoms. The first-order chi connectivity index (χ1) is 17.5. The molecule has 0 unspecified atom stereocenters. The van der Waals surface area contributed by atoms with Crippen LogP contribution in [0.25, 0.3) is 27.6 Å². The first kappa shape index (κ1) is 24.5. The third kappa shape index (κ3) is 4.23. The lowest BCUT2D eigenvalue weighted by atomic mass is 9.69. The molecule has 0 N–H and O–H groups in total. The van der Waals surface area contributed by atoms with Crippen LogP contribution in [0.5, 0.6) is 0 Å². The zero-order valence-electron chi connectivity index (χ0n) is 22.0. The van der Waals surface area contributed by atoms with Crippen molar-refractivity contribution >= 4 is 22.2 Å². The number of ketones is 1. The van der Waals surface area contributed by atoms with E-state index in [0.717, 1.165) is 33.5 Å². The third-order valence-electron chi connectivity index (χ3n) is 7.45.